The van der Waals surface area contributed by atoms with Gasteiger partial charge in [0, 0.05) is 17.0 Å². The van der Waals surface area contributed by atoms with Crippen LogP contribution in [0.5, 0.6) is 0 Å². The highest BCUT2D eigenvalue weighted by Gasteiger charge is 2.08. The number of hydrazone groups is 1. The Bertz CT molecular complexity index is 823. The molecule has 0 spiro atoms. The van der Waals surface area contributed by atoms with Crippen LogP contribution in [0.3, 0.4) is 0 Å². The molecule has 0 atom stereocenters. The van der Waals surface area contributed by atoms with Crippen LogP contribution in [0.4, 0.5) is 10.1 Å². The van der Waals surface area contributed by atoms with Crippen LogP contribution in [0.25, 0.3) is 0 Å². The number of amides is 2. The van der Waals surface area contributed by atoms with Crippen molar-refractivity contribution in [3.8, 4) is 0 Å². The smallest absolute Gasteiger partial charge is 0.271 e. The molecule has 0 radical (unpaired) electrons. The van der Waals surface area contributed by atoms with E-state index in [4.69, 9.17) is 23.2 Å². The van der Waals surface area contributed by atoms with E-state index in [1.807, 2.05) is 0 Å². The lowest BCUT2D eigenvalue weighted by atomic mass is 10.2. The molecule has 2 aromatic carbocycles. The van der Waals surface area contributed by atoms with Crippen molar-refractivity contribution in [3.63, 3.8) is 0 Å². The molecule has 130 valence electrons. The summed E-state index contributed by atoms with van der Waals surface area (Å²) in [6.07, 6.45) is -0.0239. The fraction of sp³-hybridized carbons (Fsp3) is 0.118. The van der Waals surface area contributed by atoms with Crippen molar-refractivity contribution in [2.24, 2.45) is 5.10 Å². The van der Waals surface area contributed by atoms with E-state index in [1.54, 1.807) is 19.1 Å². The number of anilines is 1. The number of hydrogen-bond donors (Lipinski definition) is 2. The minimum absolute atomic E-state index is 0.0239. The maximum Gasteiger partial charge on any atom is 0.271 e. The van der Waals surface area contributed by atoms with Gasteiger partial charge in [-0.1, -0.05) is 23.2 Å². The summed E-state index contributed by atoms with van der Waals surface area (Å²) < 4.78 is 12.8. The molecule has 0 saturated carbocycles. The molecule has 0 aliphatic heterocycles. The van der Waals surface area contributed by atoms with Crippen LogP contribution in [-0.4, -0.2) is 17.5 Å². The van der Waals surface area contributed by atoms with Gasteiger partial charge in [0.1, 0.15) is 5.82 Å². The number of halogens is 3. The summed E-state index contributed by atoms with van der Waals surface area (Å²) >= 11 is 11.7. The molecule has 2 N–H and O–H groups in total. The normalized spacial score (nSPS) is 11.1. The fourth-order valence-electron chi connectivity index (χ4n) is 1.86. The van der Waals surface area contributed by atoms with Gasteiger partial charge >= 0.3 is 0 Å². The van der Waals surface area contributed by atoms with Gasteiger partial charge < -0.3 is 5.32 Å². The maximum absolute atomic E-state index is 12.8. The van der Waals surface area contributed by atoms with Crippen LogP contribution < -0.4 is 10.7 Å². The first-order valence-electron chi connectivity index (χ1n) is 7.19. The zero-order valence-corrected chi connectivity index (χ0v) is 14.7. The van der Waals surface area contributed by atoms with Crippen LogP contribution in [-0.2, 0) is 4.79 Å². The quantitative estimate of drug-likeness (QED) is 0.599. The molecular formula is C17H14Cl2FN3O2. The van der Waals surface area contributed by atoms with Crippen molar-refractivity contribution in [2.75, 3.05) is 5.32 Å². The second-order valence-electron chi connectivity index (χ2n) is 5.15. The Kier molecular flexibility index (Phi) is 6.50. The number of nitrogens with one attached hydrogen (secondary N) is 2. The van der Waals surface area contributed by atoms with Gasteiger partial charge in [-0.05, 0) is 49.4 Å². The molecule has 2 aromatic rings. The molecule has 0 aliphatic rings. The number of rotatable bonds is 5. The third kappa shape index (κ3) is 5.85. The second kappa shape index (κ2) is 8.60. The van der Waals surface area contributed by atoms with E-state index in [9.17, 15) is 14.0 Å². The highest BCUT2D eigenvalue weighted by molar-refractivity contribution is 6.42. The molecular weight excluding hydrogens is 368 g/mol. The molecule has 0 fully saturated rings. The third-order valence-electron chi connectivity index (χ3n) is 3.07. The first-order valence-corrected chi connectivity index (χ1v) is 7.94. The minimum Gasteiger partial charge on any atom is -0.326 e. The predicted octanol–water partition coefficient (Wildman–Crippen LogP) is 4.27. The Labute approximate surface area is 153 Å². The summed E-state index contributed by atoms with van der Waals surface area (Å²) in [4.78, 5) is 23.8. The molecule has 8 heteroatoms. The molecule has 25 heavy (non-hydrogen) atoms. The summed E-state index contributed by atoms with van der Waals surface area (Å²) in [6.45, 7) is 1.60. The first-order chi connectivity index (χ1) is 11.8. The summed E-state index contributed by atoms with van der Waals surface area (Å²) in [7, 11) is 0. The number of benzene rings is 2. The number of hydrogen-bond acceptors (Lipinski definition) is 3. The topological polar surface area (TPSA) is 70.6 Å². The molecule has 0 aromatic heterocycles. The van der Waals surface area contributed by atoms with Gasteiger partial charge in [-0.15, -0.1) is 0 Å². The van der Waals surface area contributed by atoms with Crippen molar-refractivity contribution in [1.82, 2.24) is 5.43 Å². The van der Waals surface area contributed by atoms with E-state index >= 15 is 0 Å². The highest BCUT2D eigenvalue weighted by atomic mass is 35.5. The average molecular weight is 382 g/mol. The monoisotopic (exact) mass is 381 g/mol. The van der Waals surface area contributed by atoms with Crippen molar-refractivity contribution >= 4 is 46.4 Å². The molecule has 5 nitrogen and oxygen atoms in total. The summed E-state index contributed by atoms with van der Waals surface area (Å²) in [5.41, 5.74) is 3.47. The molecule has 0 aliphatic carbocycles. The van der Waals surface area contributed by atoms with Crippen LogP contribution in [0.2, 0.25) is 10.0 Å². The standard InChI is InChI=1S/C17H14Cl2FN3O2/c1-10(22-23-17(25)11-2-4-12(20)5-3-11)8-16(24)21-13-6-7-14(18)15(19)9-13/h2-7,9H,8H2,1H3,(H,21,24)(H,23,25)/b22-10+. The van der Waals surface area contributed by atoms with Gasteiger partial charge in [0.25, 0.3) is 5.91 Å². The highest BCUT2D eigenvalue weighted by Crippen LogP contribution is 2.25. The van der Waals surface area contributed by atoms with Gasteiger partial charge in [-0.3, -0.25) is 9.59 Å². The van der Waals surface area contributed by atoms with Crippen molar-refractivity contribution in [1.29, 1.82) is 0 Å². The lowest BCUT2D eigenvalue weighted by Gasteiger charge is -2.06. The third-order valence-corrected chi connectivity index (χ3v) is 3.81. The molecule has 0 bridgehead atoms. The van der Waals surface area contributed by atoms with Gasteiger partial charge in [0.2, 0.25) is 5.91 Å². The Hall–Kier alpha value is -2.44. The van der Waals surface area contributed by atoms with Crippen LogP contribution in [0.15, 0.2) is 47.6 Å². The van der Waals surface area contributed by atoms with Crippen LogP contribution in [0.1, 0.15) is 23.7 Å². The number of carbonyl (C=O) groups excluding carboxylic acids is 2. The maximum atomic E-state index is 12.8. The Balaban J connectivity index is 1.89. The fourth-order valence-corrected chi connectivity index (χ4v) is 2.16. The lowest BCUT2D eigenvalue weighted by molar-refractivity contribution is -0.115. The SMILES string of the molecule is C/C(CC(=O)Nc1ccc(Cl)c(Cl)c1)=N\NC(=O)c1ccc(F)cc1. The average Bonchev–Trinajstić information content (AvgIpc) is 2.56. The minimum atomic E-state index is -0.496. The lowest BCUT2D eigenvalue weighted by Crippen LogP contribution is -2.21. The largest absolute Gasteiger partial charge is 0.326 e. The number of carbonyl (C=O) groups is 2. The summed E-state index contributed by atoms with van der Waals surface area (Å²) in [6, 6.07) is 9.76. The molecule has 0 heterocycles. The van der Waals surface area contributed by atoms with E-state index in [2.05, 4.69) is 15.8 Å². The predicted molar refractivity (Wildman–Crippen MR) is 96.7 cm³/mol. The van der Waals surface area contributed by atoms with Crippen molar-refractivity contribution in [2.45, 2.75) is 13.3 Å². The van der Waals surface area contributed by atoms with Crippen molar-refractivity contribution in [3.05, 3.63) is 63.9 Å². The Morgan fingerprint density at radius 3 is 2.40 bits per heavy atom. The Morgan fingerprint density at radius 2 is 1.76 bits per heavy atom. The molecule has 2 amide bonds. The molecule has 0 unspecified atom stereocenters. The van der Waals surface area contributed by atoms with Crippen LogP contribution >= 0.6 is 23.2 Å². The summed E-state index contributed by atoms with van der Waals surface area (Å²) in [5, 5.41) is 7.22. The van der Waals surface area contributed by atoms with Crippen LogP contribution in [0, 0.1) is 5.82 Å². The van der Waals surface area contributed by atoms with E-state index in [0.717, 1.165) is 0 Å². The van der Waals surface area contributed by atoms with Crippen molar-refractivity contribution < 1.29 is 14.0 Å². The first kappa shape index (κ1) is 18.9. The zero-order valence-electron chi connectivity index (χ0n) is 13.1. The van der Waals surface area contributed by atoms with E-state index in [1.165, 1.54) is 30.3 Å². The van der Waals surface area contributed by atoms with Gasteiger partial charge in [0.05, 0.1) is 16.5 Å². The van der Waals surface area contributed by atoms with Gasteiger partial charge in [0.15, 0.2) is 0 Å². The number of nitrogens with zero attached hydrogens (tertiary/aromatic N) is 1. The van der Waals surface area contributed by atoms with E-state index in [0.29, 0.717) is 21.4 Å². The van der Waals surface area contributed by atoms with Gasteiger partial charge in [-0.2, -0.15) is 5.10 Å². The zero-order chi connectivity index (χ0) is 18.4. The second-order valence-corrected chi connectivity index (χ2v) is 5.96. The molecule has 2 rings (SSSR count). The van der Waals surface area contributed by atoms with E-state index in [-0.39, 0.29) is 17.9 Å². The molecule has 0 saturated heterocycles. The Morgan fingerprint density at radius 1 is 1.08 bits per heavy atom. The van der Waals surface area contributed by atoms with Gasteiger partial charge in [-0.25, -0.2) is 9.82 Å². The van der Waals surface area contributed by atoms with E-state index < -0.39 is 11.7 Å². The summed E-state index contributed by atoms with van der Waals surface area (Å²) in [5.74, 6) is -1.25.